The van der Waals surface area contributed by atoms with Crippen molar-refractivity contribution in [3.05, 3.63) is 12.4 Å². The SMILES string of the molecule is C#CC(CCC)Nc1nccnc1N. The van der Waals surface area contributed by atoms with Gasteiger partial charge in [0, 0.05) is 12.4 Å². The summed E-state index contributed by atoms with van der Waals surface area (Å²) in [6.45, 7) is 2.08. The van der Waals surface area contributed by atoms with Crippen molar-refractivity contribution >= 4 is 11.6 Å². The van der Waals surface area contributed by atoms with E-state index in [-0.39, 0.29) is 6.04 Å². The average molecular weight is 190 g/mol. The van der Waals surface area contributed by atoms with Crippen molar-refractivity contribution in [1.29, 1.82) is 0 Å². The first-order valence-corrected chi connectivity index (χ1v) is 4.57. The summed E-state index contributed by atoms with van der Waals surface area (Å²) < 4.78 is 0. The van der Waals surface area contributed by atoms with Crippen LogP contribution in [0.4, 0.5) is 11.6 Å². The van der Waals surface area contributed by atoms with Crippen molar-refractivity contribution in [2.24, 2.45) is 0 Å². The van der Waals surface area contributed by atoms with E-state index >= 15 is 0 Å². The second-order valence-corrected chi connectivity index (χ2v) is 2.94. The van der Waals surface area contributed by atoms with Gasteiger partial charge in [0.15, 0.2) is 11.6 Å². The number of nitrogen functional groups attached to an aromatic ring is 1. The monoisotopic (exact) mass is 190 g/mol. The molecule has 0 saturated heterocycles. The predicted octanol–water partition coefficient (Wildman–Crippen LogP) is 1.27. The van der Waals surface area contributed by atoms with Crippen LogP contribution in [0, 0.1) is 12.3 Å². The minimum Gasteiger partial charge on any atom is -0.381 e. The standard InChI is InChI=1S/C10H14N4/c1-3-5-8(4-2)14-10-9(11)12-6-7-13-10/h2,6-8H,3,5H2,1H3,(H2,11,12)(H,13,14). The molecule has 0 spiro atoms. The maximum atomic E-state index is 5.62. The minimum absolute atomic E-state index is 0.0287. The van der Waals surface area contributed by atoms with Crippen LogP contribution in [-0.4, -0.2) is 16.0 Å². The van der Waals surface area contributed by atoms with E-state index in [9.17, 15) is 0 Å². The summed E-state index contributed by atoms with van der Waals surface area (Å²) >= 11 is 0. The molecule has 3 N–H and O–H groups in total. The molecule has 0 aliphatic carbocycles. The fourth-order valence-corrected chi connectivity index (χ4v) is 1.11. The molecule has 0 aromatic carbocycles. The highest BCUT2D eigenvalue weighted by atomic mass is 15.1. The molecule has 0 amide bonds. The van der Waals surface area contributed by atoms with E-state index in [4.69, 9.17) is 12.2 Å². The molecule has 74 valence electrons. The Balaban J connectivity index is 2.68. The number of hydrogen-bond acceptors (Lipinski definition) is 4. The molecule has 0 aliphatic heterocycles. The number of nitrogens with two attached hydrogens (primary N) is 1. The molecule has 4 nitrogen and oxygen atoms in total. The highest BCUT2D eigenvalue weighted by molar-refractivity contribution is 5.56. The summed E-state index contributed by atoms with van der Waals surface area (Å²) in [5.74, 6) is 3.58. The molecule has 1 aromatic rings. The van der Waals surface area contributed by atoms with E-state index < -0.39 is 0 Å². The number of nitrogens with one attached hydrogen (secondary N) is 1. The van der Waals surface area contributed by atoms with Gasteiger partial charge in [-0.3, -0.25) is 0 Å². The van der Waals surface area contributed by atoms with Crippen LogP contribution in [-0.2, 0) is 0 Å². The first-order valence-electron chi connectivity index (χ1n) is 4.57. The van der Waals surface area contributed by atoms with Crippen LogP contribution < -0.4 is 11.1 Å². The first kappa shape index (κ1) is 10.3. The molecule has 4 heteroatoms. The van der Waals surface area contributed by atoms with Gasteiger partial charge in [-0.15, -0.1) is 6.42 Å². The normalized spacial score (nSPS) is 11.7. The number of aromatic nitrogens is 2. The average Bonchev–Trinajstić information content (AvgIpc) is 2.20. The number of rotatable bonds is 4. The molecule has 1 rings (SSSR count). The molecule has 0 fully saturated rings. The van der Waals surface area contributed by atoms with Crippen molar-refractivity contribution in [1.82, 2.24) is 9.97 Å². The van der Waals surface area contributed by atoms with Gasteiger partial charge in [-0.25, -0.2) is 9.97 Å². The maximum Gasteiger partial charge on any atom is 0.169 e. The molecule has 1 unspecified atom stereocenters. The van der Waals surface area contributed by atoms with Gasteiger partial charge in [0.25, 0.3) is 0 Å². The Labute approximate surface area is 83.9 Å². The van der Waals surface area contributed by atoms with Gasteiger partial charge >= 0.3 is 0 Å². The fraction of sp³-hybridized carbons (Fsp3) is 0.400. The van der Waals surface area contributed by atoms with Crippen LogP contribution in [0.2, 0.25) is 0 Å². The van der Waals surface area contributed by atoms with E-state index in [1.807, 2.05) is 0 Å². The number of terminal acetylenes is 1. The van der Waals surface area contributed by atoms with Gasteiger partial charge < -0.3 is 11.1 Å². The number of hydrogen-bond donors (Lipinski definition) is 2. The van der Waals surface area contributed by atoms with E-state index in [1.165, 1.54) is 0 Å². The van der Waals surface area contributed by atoms with Gasteiger partial charge in [0.1, 0.15) is 0 Å². The Bertz CT molecular complexity index is 329. The molecule has 0 radical (unpaired) electrons. The molecule has 0 aliphatic rings. The van der Waals surface area contributed by atoms with Crippen LogP contribution in [0.15, 0.2) is 12.4 Å². The zero-order valence-electron chi connectivity index (χ0n) is 8.20. The highest BCUT2D eigenvalue weighted by Gasteiger charge is 2.06. The second-order valence-electron chi connectivity index (χ2n) is 2.94. The van der Waals surface area contributed by atoms with Crippen molar-refractivity contribution in [2.75, 3.05) is 11.1 Å². The van der Waals surface area contributed by atoms with Crippen LogP contribution in [0.5, 0.6) is 0 Å². The first-order chi connectivity index (χ1) is 6.77. The Kier molecular flexibility index (Phi) is 3.74. The third-order valence-electron chi connectivity index (χ3n) is 1.82. The Morgan fingerprint density at radius 1 is 1.57 bits per heavy atom. The summed E-state index contributed by atoms with van der Waals surface area (Å²) in [5.41, 5.74) is 5.62. The van der Waals surface area contributed by atoms with Crippen molar-refractivity contribution in [3.8, 4) is 12.3 Å². The third kappa shape index (κ3) is 2.63. The second kappa shape index (κ2) is 5.07. The topological polar surface area (TPSA) is 63.8 Å². The van der Waals surface area contributed by atoms with Crippen LogP contribution in [0.3, 0.4) is 0 Å². The summed E-state index contributed by atoms with van der Waals surface area (Å²) in [6, 6.07) is -0.0287. The fourth-order valence-electron chi connectivity index (χ4n) is 1.11. The zero-order valence-corrected chi connectivity index (χ0v) is 8.20. The molecular formula is C10H14N4. The molecule has 1 heterocycles. The molecular weight excluding hydrogens is 176 g/mol. The highest BCUT2D eigenvalue weighted by Crippen LogP contribution is 2.12. The lowest BCUT2D eigenvalue weighted by Crippen LogP contribution is -2.18. The Morgan fingerprint density at radius 3 is 2.86 bits per heavy atom. The Morgan fingerprint density at radius 2 is 2.29 bits per heavy atom. The van der Waals surface area contributed by atoms with Crippen molar-refractivity contribution < 1.29 is 0 Å². The summed E-state index contributed by atoms with van der Waals surface area (Å²) in [7, 11) is 0. The van der Waals surface area contributed by atoms with Gasteiger partial charge in [-0.05, 0) is 6.42 Å². The quantitative estimate of drug-likeness (QED) is 0.702. The molecule has 1 atom stereocenters. The van der Waals surface area contributed by atoms with Gasteiger partial charge in [-0.2, -0.15) is 0 Å². The summed E-state index contributed by atoms with van der Waals surface area (Å²) in [6.07, 6.45) is 10.4. The van der Waals surface area contributed by atoms with Gasteiger partial charge in [-0.1, -0.05) is 19.3 Å². The molecule has 1 aromatic heterocycles. The number of nitrogens with zero attached hydrogens (tertiary/aromatic N) is 2. The van der Waals surface area contributed by atoms with Gasteiger partial charge in [0.05, 0.1) is 6.04 Å². The summed E-state index contributed by atoms with van der Waals surface area (Å²) in [4.78, 5) is 7.96. The molecule has 0 bridgehead atoms. The van der Waals surface area contributed by atoms with Crippen LogP contribution in [0.1, 0.15) is 19.8 Å². The van der Waals surface area contributed by atoms with E-state index in [0.29, 0.717) is 11.6 Å². The maximum absolute atomic E-state index is 5.62. The van der Waals surface area contributed by atoms with E-state index in [2.05, 4.69) is 28.1 Å². The molecule has 14 heavy (non-hydrogen) atoms. The molecule has 0 saturated carbocycles. The Hall–Kier alpha value is -1.76. The van der Waals surface area contributed by atoms with Crippen LogP contribution >= 0.6 is 0 Å². The third-order valence-corrected chi connectivity index (χ3v) is 1.82. The number of anilines is 2. The smallest absolute Gasteiger partial charge is 0.169 e. The largest absolute Gasteiger partial charge is 0.381 e. The zero-order chi connectivity index (χ0) is 10.4. The van der Waals surface area contributed by atoms with Crippen molar-refractivity contribution in [3.63, 3.8) is 0 Å². The lowest BCUT2D eigenvalue weighted by molar-refractivity contribution is 0.752. The lowest BCUT2D eigenvalue weighted by Gasteiger charge is -2.12. The van der Waals surface area contributed by atoms with E-state index in [0.717, 1.165) is 12.8 Å². The van der Waals surface area contributed by atoms with Crippen LogP contribution in [0.25, 0.3) is 0 Å². The lowest BCUT2D eigenvalue weighted by atomic mass is 10.2. The predicted molar refractivity (Wildman–Crippen MR) is 57.6 cm³/mol. The van der Waals surface area contributed by atoms with Crippen molar-refractivity contribution in [2.45, 2.75) is 25.8 Å². The summed E-state index contributed by atoms with van der Waals surface area (Å²) in [5, 5.41) is 3.06. The van der Waals surface area contributed by atoms with Gasteiger partial charge in [0.2, 0.25) is 0 Å². The van der Waals surface area contributed by atoms with E-state index in [1.54, 1.807) is 12.4 Å². The minimum atomic E-state index is -0.0287.